The first kappa shape index (κ1) is 13.8. The lowest BCUT2D eigenvalue weighted by molar-refractivity contribution is 0.105. The highest BCUT2D eigenvalue weighted by Gasteiger charge is 2.26. The van der Waals surface area contributed by atoms with E-state index in [0.717, 1.165) is 11.3 Å². The van der Waals surface area contributed by atoms with Crippen LogP contribution in [0.2, 0.25) is 0 Å². The molecule has 2 rings (SSSR count). The standard InChI is InChI=1S/C14H20N2O3/c1-14(2)9-19-13(16-14)10-4-3-5-11(6-10)15-7-12(18)8-17/h3-6,12,15,17-18H,7-9H2,1-2H3. The van der Waals surface area contributed by atoms with Crippen molar-refractivity contribution in [2.45, 2.75) is 25.5 Å². The van der Waals surface area contributed by atoms with Crippen molar-refractivity contribution < 1.29 is 14.9 Å². The Labute approximate surface area is 112 Å². The van der Waals surface area contributed by atoms with Crippen LogP contribution in [0.5, 0.6) is 0 Å². The SMILES string of the molecule is CC1(C)COC(c2cccc(NCC(O)CO)c2)=N1. The van der Waals surface area contributed by atoms with E-state index in [4.69, 9.17) is 9.84 Å². The van der Waals surface area contributed by atoms with Gasteiger partial charge in [-0.3, -0.25) is 0 Å². The van der Waals surface area contributed by atoms with Crippen molar-refractivity contribution in [3.8, 4) is 0 Å². The lowest BCUT2D eigenvalue weighted by atomic mass is 10.1. The molecule has 0 bridgehead atoms. The van der Waals surface area contributed by atoms with Gasteiger partial charge in [0.1, 0.15) is 6.61 Å². The van der Waals surface area contributed by atoms with Crippen molar-refractivity contribution in [1.82, 2.24) is 0 Å². The van der Waals surface area contributed by atoms with Gasteiger partial charge in [-0.25, -0.2) is 4.99 Å². The molecule has 0 aliphatic carbocycles. The molecule has 19 heavy (non-hydrogen) atoms. The first-order chi connectivity index (χ1) is 9.00. The molecule has 0 saturated heterocycles. The van der Waals surface area contributed by atoms with E-state index in [1.165, 1.54) is 0 Å². The molecule has 0 amide bonds. The highest BCUT2D eigenvalue weighted by molar-refractivity contribution is 5.96. The summed E-state index contributed by atoms with van der Waals surface area (Å²) in [6.45, 7) is 4.69. The van der Waals surface area contributed by atoms with Gasteiger partial charge in [-0.05, 0) is 32.0 Å². The second kappa shape index (κ2) is 5.59. The van der Waals surface area contributed by atoms with E-state index in [-0.39, 0.29) is 12.1 Å². The fourth-order valence-electron chi connectivity index (χ4n) is 1.79. The quantitative estimate of drug-likeness (QED) is 0.742. The number of aliphatic imine (C=N–C) groups is 1. The van der Waals surface area contributed by atoms with Gasteiger partial charge in [0.15, 0.2) is 0 Å². The molecule has 104 valence electrons. The maximum atomic E-state index is 9.31. The Bertz CT molecular complexity index is 472. The maximum absolute atomic E-state index is 9.31. The summed E-state index contributed by atoms with van der Waals surface area (Å²) in [4.78, 5) is 4.52. The number of hydrogen-bond acceptors (Lipinski definition) is 5. The molecule has 1 atom stereocenters. The predicted octanol–water partition coefficient (Wildman–Crippen LogP) is 1.01. The Kier molecular flexibility index (Phi) is 4.07. The van der Waals surface area contributed by atoms with Crippen molar-refractivity contribution in [2.75, 3.05) is 25.1 Å². The van der Waals surface area contributed by atoms with E-state index in [1.54, 1.807) is 0 Å². The fraction of sp³-hybridized carbons (Fsp3) is 0.500. The summed E-state index contributed by atoms with van der Waals surface area (Å²) in [7, 11) is 0. The Morgan fingerprint density at radius 2 is 2.26 bits per heavy atom. The van der Waals surface area contributed by atoms with Gasteiger partial charge in [-0.1, -0.05) is 6.07 Å². The molecule has 1 aliphatic rings. The van der Waals surface area contributed by atoms with Crippen molar-refractivity contribution in [1.29, 1.82) is 0 Å². The van der Waals surface area contributed by atoms with Gasteiger partial charge in [0, 0.05) is 17.8 Å². The number of aliphatic hydroxyl groups is 2. The summed E-state index contributed by atoms with van der Waals surface area (Å²) in [6.07, 6.45) is -0.761. The van der Waals surface area contributed by atoms with E-state index in [2.05, 4.69) is 10.3 Å². The van der Waals surface area contributed by atoms with Crippen LogP contribution in [-0.4, -0.2) is 47.5 Å². The molecule has 1 aromatic carbocycles. The smallest absolute Gasteiger partial charge is 0.216 e. The van der Waals surface area contributed by atoms with Crippen LogP contribution >= 0.6 is 0 Å². The molecule has 1 aromatic rings. The van der Waals surface area contributed by atoms with E-state index in [0.29, 0.717) is 19.0 Å². The minimum atomic E-state index is -0.761. The zero-order valence-electron chi connectivity index (χ0n) is 11.3. The highest BCUT2D eigenvalue weighted by atomic mass is 16.5. The summed E-state index contributed by atoms with van der Waals surface area (Å²) < 4.78 is 5.59. The fourth-order valence-corrected chi connectivity index (χ4v) is 1.79. The first-order valence-corrected chi connectivity index (χ1v) is 6.36. The molecule has 0 saturated carbocycles. The van der Waals surface area contributed by atoms with Crippen molar-refractivity contribution in [3.63, 3.8) is 0 Å². The second-order valence-corrected chi connectivity index (χ2v) is 5.32. The van der Waals surface area contributed by atoms with Gasteiger partial charge in [0.25, 0.3) is 0 Å². The number of nitrogens with zero attached hydrogens (tertiary/aromatic N) is 1. The summed E-state index contributed by atoms with van der Waals surface area (Å²) in [5.74, 6) is 0.649. The van der Waals surface area contributed by atoms with Crippen LogP contribution in [0.25, 0.3) is 0 Å². The van der Waals surface area contributed by atoms with Crippen LogP contribution in [0, 0.1) is 0 Å². The zero-order chi connectivity index (χ0) is 13.9. The lowest BCUT2D eigenvalue weighted by Crippen LogP contribution is -2.23. The molecule has 0 aromatic heterocycles. The van der Waals surface area contributed by atoms with Crippen molar-refractivity contribution in [2.24, 2.45) is 4.99 Å². The molecule has 0 radical (unpaired) electrons. The van der Waals surface area contributed by atoms with Crippen LogP contribution < -0.4 is 5.32 Å². The third-order valence-electron chi connectivity index (χ3n) is 2.83. The number of hydrogen-bond donors (Lipinski definition) is 3. The van der Waals surface area contributed by atoms with Gasteiger partial charge in [-0.2, -0.15) is 0 Å². The van der Waals surface area contributed by atoms with E-state index in [9.17, 15) is 5.11 Å². The van der Waals surface area contributed by atoms with Gasteiger partial charge >= 0.3 is 0 Å². The number of nitrogens with one attached hydrogen (secondary N) is 1. The largest absolute Gasteiger partial charge is 0.475 e. The lowest BCUT2D eigenvalue weighted by Gasteiger charge is -2.11. The molecule has 1 heterocycles. The first-order valence-electron chi connectivity index (χ1n) is 6.36. The normalized spacial score (nSPS) is 18.6. The predicted molar refractivity (Wildman–Crippen MR) is 74.6 cm³/mol. The molecule has 3 N–H and O–H groups in total. The van der Waals surface area contributed by atoms with Crippen LogP contribution in [-0.2, 0) is 4.74 Å². The van der Waals surface area contributed by atoms with Gasteiger partial charge in [0.2, 0.25) is 5.90 Å². The molecule has 5 heteroatoms. The van der Waals surface area contributed by atoms with E-state index < -0.39 is 6.10 Å². The summed E-state index contributed by atoms with van der Waals surface area (Å²) in [5, 5.41) is 21.1. The molecule has 0 spiro atoms. The highest BCUT2D eigenvalue weighted by Crippen LogP contribution is 2.22. The number of aliphatic hydroxyl groups excluding tert-OH is 2. The van der Waals surface area contributed by atoms with E-state index in [1.807, 2.05) is 38.1 Å². The van der Waals surface area contributed by atoms with Crippen LogP contribution in [0.4, 0.5) is 5.69 Å². The number of benzene rings is 1. The topological polar surface area (TPSA) is 74.1 Å². The van der Waals surface area contributed by atoms with E-state index >= 15 is 0 Å². The average molecular weight is 264 g/mol. The Balaban J connectivity index is 2.08. The summed E-state index contributed by atoms with van der Waals surface area (Å²) >= 11 is 0. The molecule has 5 nitrogen and oxygen atoms in total. The van der Waals surface area contributed by atoms with Crippen LogP contribution in [0.15, 0.2) is 29.3 Å². The van der Waals surface area contributed by atoms with Gasteiger partial charge in [-0.15, -0.1) is 0 Å². The molecular weight excluding hydrogens is 244 g/mol. The Morgan fingerprint density at radius 1 is 1.47 bits per heavy atom. The number of rotatable bonds is 5. The Hall–Kier alpha value is -1.59. The number of anilines is 1. The minimum absolute atomic E-state index is 0.175. The second-order valence-electron chi connectivity index (χ2n) is 5.32. The number of ether oxygens (including phenoxy) is 1. The minimum Gasteiger partial charge on any atom is -0.475 e. The summed E-state index contributed by atoms with van der Waals surface area (Å²) in [5.41, 5.74) is 1.60. The average Bonchev–Trinajstić information content (AvgIpc) is 2.77. The monoisotopic (exact) mass is 264 g/mol. The molecular formula is C14H20N2O3. The third-order valence-corrected chi connectivity index (χ3v) is 2.83. The van der Waals surface area contributed by atoms with Gasteiger partial charge < -0.3 is 20.3 Å². The third kappa shape index (κ3) is 3.68. The summed E-state index contributed by atoms with van der Waals surface area (Å²) in [6, 6.07) is 7.66. The maximum Gasteiger partial charge on any atom is 0.216 e. The van der Waals surface area contributed by atoms with Crippen LogP contribution in [0.1, 0.15) is 19.4 Å². The molecule has 1 unspecified atom stereocenters. The molecule has 0 fully saturated rings. The molecule has 1 aliphatic heterocycles. The van der Waals surface area contributed by atoms with Crippen LogP contribution in [0.3, 0.4) is 0 Å². The van der Waals surface area contributed by atoms with Gasteiger partial charge in [0.05, 0.1) is 18.2 Å². The Morgan fingerprint density at radius 3 is 2.89 bits per heavy atom. The zero-order valence-corrected chi connectivity index (χ0v) is 11.3. The van der Waals surface area contributed by atoms with Crippen molar-refractivity contribution >= 4 is 11.6 Å². The van der Waals surface area contributed by atoms with Crippen molar-refractivity contribution in [3.05, 3.63) is 29.8 Å².